The van der Waals surface area contributed by atoms with E-state index in [0.717, 1.165) is 29.7 Å². The number of carbonyl (C=O) groups is 2. The SMILES string of the molecule is CCOC(=O)c1c(C)c(C(=O)N(CC)C2CCCCC2)c(C)n1Cc1ccccc1. The number of amides is 1. The van der Waals surface area contributed by atoms with E-state index in [4.69, 9.17) is 4.74 Å². The van der Waals surface area contributed by atoms with Gasteiger partial charge in [-0.2, -0.15) is 0 Å². The molecule has 0 radical (unpaired) electrons. The largest absolute Gasteiger partial charge is 0.461 e. The van der Waals surface area contributed by atoms with Crippen molar-refractivity contribution in [1.29, 1.82) is 0 Å². The Balaban J connectivity index is 2.04. The first kappa shape index (κ1) is 22.1. The van der Waals surface area contributed by atoms with Crippen molar-refractivity contribution in [1.82, 2.24) is 9.47 Å². The van der Waals surface area contributed by atoms with Gasteiger partial charge >= 0.3 is 5.97 Å². The highest BCUT2D eigenvalue weighted by Gasteiger charge is 2.32. The second-order valence-corrected chi connectivity index (χ2v) is 8.11. The van der Waals surface area contributed by atoms with E-state index >= 15 is 0 Å². The van der Waals surface area contributed by atoms with Crippen molar-refractivity contribution in [3.05, 3.63) is 58.4 Å². The highest BCUT2D eigenvalue weighted by atomic mass is 16.5. The lowest BCUT2D eigenvalue weighted by molar-refractivity contribution is 0.0513. The highest BCUT2D eigenvalue weighted by molar-refractivity contribution is 6.01. The summed E-state index contributed by atoms with van der Waals surface area (Å²) in [5.41, 5.74) is 3.78. The molecule has 162 valence electrons. The van der Waals surface area contributed by atoms with Crippen LogP contribution < -0.4 is 0 Å². The third-order valence-corrected chi connectivity index (χ3v) is 6.25. The van der Waals surface area contributed by atoms with Gasteiger partial charge in [-0.25, -0.2) is 4.79 Å². The van der Waals surface area contributed by atoms with Crippen molar-refractivity contribution in [2.45, 2.75) is 72.4 Å². The van der Waals surface area contributed by atoms with Crippen LogP contribution in [0.25, 0.3) is 0 Å². The van der Waals surface area contributed by atoms with Gasteiger partial charge in [0.05, 0.1) is 12.2 Å². The van der Waals surface area contributed by atoms with Crippen molar-refractivity contribution in [3.8, 4) is 0 Å². The summed E-state index contributed by atoms with van der Waals surface area (Å²) < 4.78 is 7.30. The van der Waals surface area contributed by atoms with E-state index < -0.39 is 0 Å². The molecule has 1 aromatic heterocycles. The summed E-state index contributed by atoms with van der Waals surface area (Å²) in [5, 5.41) is 0. The maximum atomic E-state index is 13.7. The number of ether oxygens (including phenoxy) is 1. The van der Waals surface area contributed by atoms with E-state index in [9.17, 15) is 9.59 Å². The molecular formula is C25H34N2O3. The molecule has 3 rings (SSSR count). The minimum atomic E-state index is -0.367. The molecule has 1 saturated carbocycles. The smallest absolute Gasteiger partial charge is 0.355 e. The molecule has 1 fully saturated rings. The van der Waals surface area contributed by atoms with Gasteiger partial charge in [0.2, 0.25) is 0 Å². The third kappa shape index (κ3) is 4.45. The van der Waals surface area contributed by atoms with Gasteiger partial charge in [-0.15, -0.1) is 0 Å². The Morgan fingerprint density at radius 3 is 2.33 bits per heavy atom. The second-order valence-electron chi connectivity index (χ2n) is 8.11. The van der Waals surface area contributed by atoms with Crippen LogP contribution in [0.4, 0.5) is 0 Å². The number of rotatable bonds is 7. The maximum Gasteiger partial charge on any atom is 0.355 e. The Morgan fingerprint density at radius 2 is 1.73 bits per heavy atom. The van der Waals surface area contributed by atoms with E-state index in [-0.39, 0.29) is 11.9 Å². The monoisotopic (exact) mass is 410 g/mol. The zero-order valence-corrected chi connectivity index (χ0v) is 18.7. The summed E-state index contributed by atoms with van der Waals surface area (Å²) in [6.45, 7) is 9.19. The van der Waals surface area contributed by atoms with Crippen molar-refractivity contribution >= 4 is 11.9 Å². The molecule has 0 spiro atoms. The first-order chi connectivity index (χ1) is 14.5. The molecule has 0 atom stereocenters. The summed E-state index contributed by atoms with van der Waals surface area (Å²) in [6, 6.07) is 10.3. The summed E-state index contributed by atoms with van der Waals surface area (Å²) >= 11 is 0. The minimum absolute atomic E-state index is 0.0387. The highest BCUT2D eigenvalue weighted by Crippen LogP contribution is 2.29. The first-order valence-corrected chi connectivity index (χ1v) is 11.2. The number of aromatic nitrogens is 1. The van der Waals surface area contributed by atoms with E-state index in [0.29, 0.717) is 37.0 Å². The quantitative estimate of drug-likeness (QED) is 0.595. The molecule has 0 bridgehead atoms. The standard InChI is InChI=1S/C25H34N2O3/c1-5-26(21-15-11-8-12-16-21)24(28)22-18(3)23(25(29)30-6-2)27(19(22)4)17-20-13-9-7-10-14-20/h7,9-10,13-14,21H,5-6,8,11-12,15-17H2,1-4H3. The van der Waals surface area contributed by atoms with Crippen LogP contribution in [0.3, 0.4) is 0 Å². The zero-order chi connectivity index (χ0) is 21.7. The molecule has 30 heavy (non-hydrogen) atoms. The molecule has 1 aliphatic carbocycles. The van der Waals surface area contributed by atoms with E-state index in [2.05, 4.69) is 0 Å². The summed E-state index contributed by atoms with van der Waals surface area (Å²) in [5.74, 6) is -0.328. The fourth-order valence-corrected chi connectivity index (χ4v) is 4.74. The van der Waals surface area contributed by atoms with Crippen LogP contribution in [0.1, 0.15) is 83.6 Å². The van der Waals surface area contributed by atoms with Gasteiger partial charge in [0.1, 0.15) is 5.69 Å². The van der Waals surface area contributed by atoms with E-state index in [1.807, 2.05) is 60.6 Å². The normalized spacial score (nSPS) is 14.5. The molecule has 0 N–H and O–H groups in total. The Bertz CT molecular complexity index is 880. The molecule has 0 unspecified atom stereocenters. The number of hydrogen-bond acceptors (Lipinski definition) is 3. The fourth-order valence-electron chi connectivity index (χ4n) is 4.74. The predicted molar refractivity (Wildman–Crippen MR) is 119 cm³/mol. The minimum Gasteiger partial charge on any atom is -0.461 e. The van der Waals surface area contributed by atoms with Crippen LogP contribution in [0.2, 0.25) is 0 Å². The van der Waals surface area contributed by atoms with Gasteiger partial charge in [0, 0.05) is 24.8 Å². The Morgan fingerprint density at radius 1 is 1.07 bits per heavy atom. The van der Waals surface area contributed by atoms with Crippen LogP contribution in [-0.2, 0) is 11.3 Å². The number of hydrogen-bond donors (Lipinski definition) is 0. The van der Waals surface area contributed by atoms with Crippen LogP contribution in [0, 0.1) is 13.8 Å². The van der Waals surface area contributed by atoms with E-state index in [1.54, 1.807) is 6.92 Å². The van der Waals surface area contributed by atoms with Gasteiger partial charge in [-0.1, -0.05) is 49.6 Å². The van der Waals surface area contributed by atoms with Gasteiger partial charge in [0.25, 0.3) is 5.91 Å². The van der Waals surface area contributed by atoms with Gasteiger partial charge in [-0.3, -0.25) is 4.79 Å². The number of esters is 1. The Labute approximate surface area is 180 Å². The molecule has 1 heterocycles. The molecule has 1 aliphatic rings. The number of benzene rings is 1. The molecule has 1 aromatic carbocycles. The average molecular weight is 411 g/mol. The van der Waals surface area contributed by atoms with Crippen molar-refractivity contribution in [3.63, 3.8) is 0 Å². The zero-order valence-electron chi connectivity index (χ0n) is 18.7. The van der Waals surface area contributed by atoms with Crippen LogP contribution in [-0.4, -0.2) is 40.5 Å². The molecule has 0 aliphatic heterocycles. The average Bonchev–Trinajstić information content (AvgIpc) is 2.99. The molecule has 0 saturated heterocycles. The van der Waals surface area contributed by atoms with Crippen LogP contribution in [0.5, 0.6) is 0 Å². The van der Waals surface area contributed by atoms with Crippen molar-refractivity contribution in [2.75, 3.05) is 13.2 Å². The molecule has 2 aromatic rings. The number of nitrogens with zero attached hydrogens (tertiary/aromatic N) is 2. The predicted octanol–water partition coefficient (Wildman–Crippen LogP) is 5.12. The second kappa shape index (κ2) is 9.96. The van der Waals surface area contributed by atoms with E-state index in [1.165, 1.54) is 19.3 Å². The van der Waals surface area contributed by atoms with Crippen LogP contribution in [0.15, 0.2) is 30.3 Å². The third-order valence-electron chi connectivity index (χ3n) is 6.25. The van der Waals surface area contributed by atoms with Crippen molar-refractivity contribution in [2.24, 2.45) is 0 Å². The number of carbonyl (C=O) groups excluding carboxylic acids is 2. The lowest BCUT2D eigenvalue weighted by Gasteiger charge is -2.34. The van der Waals surface area contributed by atoms with Gasteiger partial charge in [-0.05, 0) is 51.7 Å². The summed E-state index contributed by atoms with van der Waals surface area (Å²) in [6.07, 6.45) is 5.73. The fraction of sp³-hybridized carbons (Fsp3) is 0.520. The Kier molecular flexibility index (Phi) is 7.35. The topological polar surface area (TPSA) is 51.5 Å². The maximum absolute atomic E-state index is 13.7. The molecule has 5 heteroatoms. The molecule has 5 nitrogen and oxygen atoms in total. The summed E-state index contributed by atoms with van der Waals surface area (Å²) in [4.78, 5) is 28.5. The molecule has 1 amide bonds. The lowest BCUT2D eigenvalue weighted by atomic mass is 9.93. The summed E-state index contributed by atoms with van der Waals surface area (Å²) in [7, 11) is 0. The van der Waals surface area contributed by atoms with Gasteiger partial charge < -0.3 is 14.2 Å². The first-order valence-electron chi connectivity index (χ1n) is 11.2. The van der Waals surface area contributed by atoms with Crippen LogP contribution >= 0.6 is 0 Å². The Hall–Kier alpha value is -2.56. The lowest BCUT2D eigenvalue weighted by Crippen LogP contribution is -2.41. The van der Waals surface area contributed by atoms with Gasteiger partial charge in [0.15, 0.2) is 0 Å². The van der Waals surface area contributed by atoms with Crippen molar-refractivity contribution < 1.29 is 14.3 Å². The molecular weight excluding hydrogens is 376 g/mol.